The second-order valence-corrected chi connectivity index (χ2v) is 9.54. The van der Waals surface area contributed by atoms with Crippen LogP contribution in [0.15, 0.2) is 0 Å². The van der Waals surface area contributed by atoms with Gasteiger partial charge < -0.3 is 21.1 Å². The molecule has 0 aromatic heterocycles. The molecule has 2 rings (SSSR count). The molecule has 0 aliphatic carbocycles. The SMILES string of the molecule is CC[C@H]1CCN(C(C(=O)CN)[C@H]2NCC[C@@H]2CC)C1C(=O)NC(CCSC)C(=O)OC. The number of ether oxygens (including phenoxy) is 1. The van der Waals surface area contributed by atoms with E-state index in [1.807, 2.05) is 6.26 Å². The molecular weight excluding hydrogens is 416 g/mol. The van der Waals surface area contributed by atoms with Gasteiger partial charge >= 0.3 is 5.97 Å². The minimum absolute atomic E-state index is 0.000137. The first kappa shape index (κ1) is 26.1. The Labute approximate surface area is 190 Å². The summed E-state index contributed by atoms with van der Waals surface area (Å²) < 4.78 is 4.91. The second-order valence-electron chi connectivity index (χ2n) is 8.56. The quantitative estimate of drug-likeness (QED) is 0.369. The van der Waals surface area contributed by atoms with Gasteiger partial charge in [0.2, 0.25) is 5.91 Å². The van der Waals surface area contributed by atoms with E-state index in [0.29, 0.717) is 18.9 Å². The number of amides is 1. The van der Waals surface area contributed by atoms with E-state index in [9.17, 15) is 14.4 Å². The summed E-state index contributed by atoms with van der Waals surface area (Å²) in [5.41, 5.74) is 5.81. The summed E-state index contributed by atoms with van der Waals surface area (Å²) in [7, 11) is 1.34. The molecule has 2 aliphatic heterocycles. The summed E-state index contributed by atoms with van der Waals surface area (Å²) in [5.74, 6) is 0.603. The van der Waals surface area contributed by atoms with Crippen LogP contribution >= 0.6 is 11.8 Å². The molecule has 2 fully saturated rings. The van der Waals surface area contributed by atoms with E-state index in [1.54, 1.807) is 11.8 Å². The first-order valence-corrected chi connectivity index (χ1v) is 12.9. The van der Waals surface area contributed by atoms with Gasteiger partial charge in [-0.2, -0.15) is 11.8 Å². The Morgan fingerprint density at radius 3 is 2.52 bits per heavy atom. The fourth-order valence-corrected chi connectivity index (χ4v) is 5.66. The summed E-state index contributed by atoms with van der Waals surface area (Å²) in [5, 5.41) is 6.45. The van der Waals surface area contributed by atoms with Crippen LogP contribution in [0.3, 0.4) is 0 Å². The van der Waals surface area contributed by atoms with Crippen LogP contribution in [0.5, 0.6) is 0 Å². The number of carbonyl (C=O) groups is 3. The Morgan fingerprint density at radius 1 is 1.23 bits per heavy atom. The molecule has 1 amide bonds. The molecule has 2 heterocycles. The van der Waals surface area contributed by atoms with E-state index >= 15 is 0 Å². The monoisotopic (exact) mass is 456 g/mol. The molecule has 4 N–H and O–H groups in total. The molecule has 9 heteroatoms. The third kappa shape index (κ3) is 6.21. The minimum atomic E-state index is -0.679. The van der Waals surface area contributed by atoms with Crippen molar-refractivity contribution >= 4 is 29.4 Å². The van der Waals surface area contributed by atoms with Gasteiger partial charge in [0, 0.05) is 12.6 Å². The highest BCUT2D eigenvalue weighted by atomic mass is 32.2. The topological polar surface area (TPSA) is 114 Å². The van der Waals surface area contributed by atoms with Crippen molar-refractivity contribution in [1.82, 2.24) is 15.5 Å². The van der Waals surface area contributed by atoms with Gasteiger partial charge in [-0.3, -0.25) is 14.5 Å². The Morgan fingerprint density at radius 2 is 1.94 bits per heavy atom. The molecule has 3 unspecified atom stereocenters. The molecule has 31 heavy (non-hydrogen) atoms. The van der Waals surface area contributed by atoms with Gasteiger partial charge in [0.1, 0.15) is 6.04 Å². The lowest BCUT2D eigenvalue weighted by Crippen LogP contribution is -2.61. The van der Waals surface area contributed by atoms with Gasteiger partial charge in [0.25, 0.3) is 0 Å². The van der Waals surface area contributed by atoms with Crippen LogP contribution in [0, 0.1) is 11.8 Å². The van der Waals surface area contributed by atoms with Crippen molar-refractivity contribution in [3.05, 3.63) is 0 Å². The maximum atomic E-state index is 13.5. The molecule has 2 aliphatic rings. The summed E-state index contributed by atoms with van der Waals surface area (Å²) in [6, 6.07) is -1.55. The lowest BCUT2D eigenvalue weighted by molar-refractivity contribution is -0.146. The van der Waals surface area contributed by atoms with E-state index in [-0.39, 0.29) is 30.2 Å². The second kappa shape index (κ2) is 12.8. The summed E-state index contributed by atoms with van der Waals surface area (Å²) in [6.45, 7) is 5.72. The van der Waals surface area contributed by atoms with Gasteiger partial charge in [0.05, 0.1) is 25.7 Å². The van der Waals surface area contributed by atoms with Crippen molar-refractivity contribution in [2.75, 3.05) is 38.8 Å². The number of likely N-dealkylation sites (tertiary alicyclic amines) is 1. The number of hydrogen-bond acceptors (Lipinski definition) is 8. The summed E-state index contributed by atoms with van der Waals surface area (Å²) in [4.78, 5) is 40.8. The number of ketones is 1. The first-order chi connectivity index (χ1) is 14.9. The van der Waals surface area contributed by atoms with Crippen LogP contribution in [0.25, 0.3) is 0 Å². The lowest BCUT2D eigenvalue weighted by atomic mass is 9.88. The zero-order valence-corrected chi connectivity index (χ0v) is 20.2. The van der Waals surface area contributed by atoms with Crippen LogP contribution in [0.2, 0.25) is 0 Å². The number of hydrogen-bond donors (Lipinski definition) is 3. The molecule has 0 saturated carbocycles. The average Bonchev–Trinajstić information content (AvgIpc) is 3.43. The van der Waals surface area contributed by atoms with Crippen LogP contribution in [-0.4, -0.2) is 85.5 Å². The molecule has 0 radical (unpaired) electrons. The largest absolute Gasteiger partial charge is 0.467 e. The molecule has 0 aromatic carbocycles. The first-order valence-electron chi connectivity index (χ1n) is 11.5. The van der Waals surface area contributed by atoms with Crippen molar-refractivity contribution in [3.8, 4) is 0 Å². The number of esters is 1. The number of carbonyl (C=O) groups excluding carboxylic acids is 3. The highest BCUT2D eigenvalue weighted by molar-refractivity contribution is 7.98. The van der Waals surface area contributed by atoms with Crippen LogP contribution in [-0.2, 0) is 19.1 Å². The van der Waals surface area contributed by atoms with Gasteiger partial charge in [0.15, 0.2) is 5.78 Å². The van der Waals surface area contributed by atoms with E-state index in [4.69, 9.17) is 10.5 Å². The highest BCUT2D eigenvalue weighted by Crippen LogP contribution is 2.34. The van der Waals surface area contributed by atoms with Gasteiger partial charge in [-0.15, -0.1) is 0 Å². The average molecular weight is 457 g/mol. The van der Waals surface area contributed by atoms with Gasteiger partial charge in [-0.1, -0.05) is 26.7 Å². The van der Waals surface area contributed by atoms with Crippen molar-refractivity contribution in [2.24, 2.45) is 17.6 Å². The number of nitrogens with one attached hydrogen (secondary N) is 2. The number of nitrogens with two attached hydrogens (primary N) is 1. The van der Waals surface area contributed by atoms with Crippen LogP contribution in [0.4, 0.5) is 0 Å². The number of rotatable bonds is 12. The van der Waals surface area contributed by atoms with E-state index in [1.165, 1.54) is 7.11 Å². The highest BCUT2D eigenvalue weighted by Gasteiger charge is 2.48. The molecule has 0 bridgehead atoms. The fraction of sp³-hybridized carbons (Fsp3) is 0.864. The van der Waals surface area contributed by atoms with Crippen molar-refractivity contribution < 1.29 is 19.1 Å². The molecule has 8 nitrogen and oxygen atoms in total. The third-order valence-corrected chi connectivity index (χ3v) is 7.57. The standard InChI is InChI=1S/C22H40N4O4S/c1-5-14-7-10-24-18(14)20(17(27)13-23)26-11-8-15(6-2)19(26)21(28)25-16(9-12-31-4)22(29)30-3/h14-16,18-20,24H,5-13,23H2,1-4H3,(H,25,28)/t14-,15-,16?,18-,19?,20?/m0/s1. The Bertz CT molecular complexity index is 620. The maximum absolute atomic E-state index is 13.5. The Hall–Kier alpha value is -1.16. The predicted molar refractivity (Wildman–Crippen MR) is 124 cm³/mol. The Kier molecular flexibility index (Phi) is 10.7. The van der Waals surface area contributed by atoms with Gasteiger partial charge in [-0.05, 0) is 49.7 Å². The summed E-state index contributed by atoms with van der Waals surface area (Å²) >= 11 is 1.62. The van der Waals surface area contributed by atoms with Gasteiger partial charge in [-0.25, -0.2) is 4.79 Å². The van der Waals surface area contributed by atoms with Crippen LogP contribution < -0.4 is 16.4 Å². The lowest BCUT2D eigenvalue weighted by Gasteiger charge is -2.38. The number of nitrogens with zero attached hydrogens (tertiary/aromatic N) is 1. The molecule has 178 valence electrons. The third-order valence-electron chi connectivity index (χ3n) is 6.92. The van der Waals surface area contributed by atoms with E-state index in [0.717, 1.165) is 38.0 Å². The molecule has 6 atom stereocenters. The van der Waals surface area contributed by atoms with E-state index in [2.05, 4.69) is 29.4 Å². The number of thioether (sulfide) groups is 1. The fourth-order valence-electron chi connectivity index (χ4n) is 5.19. The predicted octanol–water partition coefficient (Wildman–Crippen LogP) is 0.782. The summed E-state index contributed by atoms with van der Waals surface area (Å²) in [6.07, 6.45) is 6.16. The molecule has 0 aromatic rings. The van der Waals surface area contributed by atoms with Crippen LogP contribution in [0.1, 0.15) is 46.0 Å². The molecular formula is C22H40N4O4S. The normalized spacial score (nSPS) is 28.3. The van der Waals surface area contributed by atoms with Crippen molar-refractivity contribution in [1.29, 1.82) is 0 Å². The zero-order chi connectivity index (χ0) is 23.0. The number of Topliss-reactive ketones (excluding diaryl/α,β-unsaturated/α-hetero) is 1. The zero-order valence-electron chi connectivity index (χ0n) is 19.4. The molecule has 0 spiro atoms. The van der Waals surface area contributed by atoms with Crippen molar-refractivity contribution in [3.63, 3.8) is 0 Å². The number of methoxy groups -OCH3 is 1. The Balaban J connectivity index is 2.29. The molecule has 2 saturated heterocycles. The maximum Gasteiger partial charge on any atom is 0.328 e. The smallest absolute Gasteiger partial charge is 0.328 e. The van der Waals surface area contributed by atoms with E-state index < -0.39 is 24.1 Å². The minimum Gasteiger partial charge on any atom is -0.467 e. The van der Waals surface area contributed by atoms with Crippen molar-refractivity contribution in [2.45, 2.75) is 70.1 Å².